The molecule has 0 bridgehead atoms. The third-order valence-electron chi connectivity index (χ3n) is 4.53. The first-order chi connectivity index (χ1) is 15.9. The molecule has 0 radical (unpaired) electrons. The molecule has 0 aromatic heterocycles. The van der Waals surface area contributed by atoms with Crippen LogP contribution in [0.3, 0.4) is 0 Å². The summed E-state index contributed by atoms with van der Waals surface area (Å²) in [6, 6.07) is -0.696. The van der Waals surface area contributed by atoms with Gasteiger partial charge in [0.15, 0.2) is 0 Å². The molecule has 2 aliphatic heterocycles. The number of alkyl halides is 3. The van der Waals surface area contributed by atoms with Crippen molar-refractivity contribution in [3.8, 4) is 0 Å². The van der Waals surface area contributed by atoms with Crippen LogP contribution in [0.25, 0.3) is 0 Å². The zero-order valence-corrected chi connectivity index (χ0v) is 21.3. The minimum atomic E-state index is -1.82. The lowest BCUT2D eigenvalue weighted by molar-refractivity contribution is -0.158. The van der Waals surface area contributed by atoms with Gasteiger partial charge in [-0.3, -0.25) is 9.69 Å². The predicted octanol–water partition coefficient (Wildman–Crippen LogP) is 3.67. The highest BCUT2D eigenvalue weighted by molar-refractivity contribution is 8.04. The summed E-state index contributed by atoms with van der Waals surface area (Å²) in [5.41, 5.74) is -0.0133. The average molecular weight is 558 g/mol. The first kappa shape index (κ1) is 28.2. The number of esters is 1. The SMILES string of the molecule is C=CCOC(=O)N[C@H](C)C1=C(C(=O)OCC=C)N2C(=O)[C@H](C(C)OC(=O)OCC(Cl)(Cl)Cl)[C@H]2S1. The number of nitrogens with one attached hydrogen (secondary N) is 1. The molecule has 0 saturated carbocycles. The molecule has 4 atom stereocenters. The van der Waals surface area contributed by atoms with Crippen molar-refractivity contribution in [3.05, 3.63) is 35.9 Å². The Bertz CT molecular complexity index is 892. The highest BCUT2D eigenvalue weighted by atomic mass is 35.6. The van der Waals surface area contributed by atoms with E-state index in [1.807, 2.05) is 0 Å². The van der Waals surface area contributed by atoms with E-state index in [9.17, 15) is 19.2 Å². The van der Waals surface area contributed by atoms with E-state index in [2.05, 4.69) is 18.5 Å². The van der Waals surface area contributed by atoms with Gasteiger partial charge in [-0.15, -0.1) is 0 Å². The summed E-state index contributed by atoms with van der Waals surface area (Å²) in [7, 11) is 0. The van der Waals surface area contributed by atoms with Crippen molar-refractivity contribution in [2.45, 2.75) is 35.2 Å². The molecule has 34 heavy (non-hydrogen) atoms. The Morgan fingerprint density at radius 3 is 2.35 bits per heavy atom. The number of rotatable bonds is 10. The van der Waals surface area contributed by atoms with Gasteiger partial charge in [-0.1, -0.05) is 71.9 Å². The molecule has 0 aromatic carbocycles. The van der Waals surface area contributed by atoms with Gasteiger partial charge in [0.1, 0.15) is 42.9 Å². The minimum absolute atomic E-state index is 0.00246. The maximum Gasteiger partial charge on any atom is 0.508 e. The van der Waals surface area contributed by atoms with Crippen molar-refractivity contribution >= 4 is 70.7 Å². The van der Waals surface area contributed by atoms with Crippen LogP contribution in [-0.4, -0.2) is 70.2 Å². The maximum atomic E-state index is 12.9. The minimum Gasteiger partial charge on any atom is -0.457 e. The normalized spacial score (nSPS) is 21.0. The molecule has 0 aromatic rings. The van der Waals surface area contributed by atoms with Crippen LogP contribution in [0, 0.1) is 5.92 Å². The standard InChI is InChI=1S/C20H23Cl3N2O8S/c1-5-7-30-17(27)13-14(10(3)24-18(28)31-8-6-2)34-16-12(15(26)25(13)16)11(4)33-19(29)32-9-20(21,22)23/h5-6,10-12,16H,1-2,7-9H2,3-4H3,(H,24,28)/t10-,11?,12+,16-/m1/s1. The van der Waals surface area contributed by atoms with Crippen LogP contribution in [-0.2, 0) is 28.5 Å². The molecule has 10 nitrogen and oxygen atoms in total. The van der Waals surface area contributed by atoms with Gasteiger partial charge in [0.05, 0.1) is 6.04 Å². The largest absolute Gasteiger partial charge is 0.508 e. The van der Waals surface area contributed by atoms with Gasteiger partial charge in [0.2, 0.25) is 9.70 Å². The number of alkyl carbamates (subject to hydrolysis) is 1. The predicted molar refractivity (Wildman–Crippen MR) is 126 cm³/mol. The van der Waals surface area contributed by atoms with E-state index >= 15 is 0 Å². The van der Waals surface area contributed by atoms with Gasteiger partial charge in [-0.05, 0) is 13.8 Å². The quantitative estimate of drug-likeness (QED) is 0.141. The number of β-lactam (4-membered cyclic amide) rings is 1. The van der Waals surface area contributed by atoms with E-state index in [1.54, 1.807) is 6.92 Å². The summed E-state index contributed by atoms with van der Waals surface area (Å²) >= 11 is 17.8. The molecular weight excluding hydrogens is 535 g/mol. The fraction of sp³-hybridized carbons (Fsp3) is 0.500. The van der Waals surface area contributed by atoms with E-state index in [1.165, 1.54) is 24.0 Å². The number of amides is 2. The number of thioether (sulfide) groups is 1. The van der Waals surface area contributed by atoms with Crippen LogP contribution >= 0.6 is 46.6 Å². The maximum absolute atomic E-state index is 12.9. The zero-order chi connectivity index (χ0) is 25.6. The third-order valence-corrected chi connectivity index (χ3v) is 6.41. The van der Waals surface area contributed by atoms with Crippen LogP contribution in [0.5, 0.6) is 0 Å². The number of carbonyl (C=O) groups excluding carboxylic acids is 4. The van der Waals surface area contributed by atoms with E-state index in [4.69, 9.17) is 53.8 Å². The number of halogens is 3. The van der Waals surface area contributed by atoms with Gasteiger partial charge in [0, 0.05) is 4.91 Å². The third kappa shape index (κ3) is 6.97. The zero-order valence-electron chi connectivity index (χ0n) is 18.3. The van der Waals surface area contributed by atoms with Crippen molar-refractivity contribution < 1.29 is 38.1 Å². The number of carbonyl (C=O) groups is 4. The molecule has 0 aliphatic carbocycles. The Kier molecular flexibility index (Phi) is 9.98. The Balaban J connectivity index is 2.15. The summed E-state index contributed by atoms with van der Waals surface area (Å²) in [6.45, 7) is 9.46. The Morgan fingerprint density at radius 2 is 1.76 bits per heavy atom. The lowest BCUT2D eigenvalue weighted by Crippen LogP contribution is -2.61. The Morgan fingerprint density at radius 1 is 1.15 bits per heavy atom. The second-order valence-corrected chi connectivity index (χ2v) is 10.7. The molecule has 14 heteroatoms. The summed E-state index contributed by atoms with van der Waals surface area (Å²) in [6.07, 6.45) is 0.0123. The highest BCUT2D eigenvalue weighted by Crippen LogP contribution is 2.52. The van der Waals surface area contributed by atoms with Crippen LogP contribution in [0.4, 0.5) is 9.59 Å². The van der Waals surface area contributed by atoms with Gasteiger partial charge in [0.25, 0.3) is 0 Å². The van der Waals surface area contributed by atoms with E-state index in [0.29, 0.717) is 4.91 Å². The molecule has 1 unspecified atom stereocenters. The topological polar surface area (TPSA) is 120 Å². The number of fused-ring (bicyclic) bond motifs is 1. The monoisotopic (exact) mass is 556 g/mol. The number of hydrogen-bond donors (Lipinski definition) is 1. The van der Waals surface area contributed by atoms with E-state index in [0.717, 1.165) is 11.8 Å². The van der Waals surface area contributed by atoms with Gasteiger partial charge in [-0.2, -0.15) is 0 Å². The lowest BCUT2D eigenvalue weighted by atomic mass is 9.92. The van der Waals surface area contributed by atoms with Crippen molar-refractivity contribution in [2.24, 2.45) is 5.92 Å². The van der Waals surface area contributed by atoms with Gasteiger partial charge in [-0.25, -0.2) is 14.4 Å². The van der Waals surface area contributed by atoms with Crippen molar-refractivity contribution in [1.29, 1.82) is 0 Å². The van der Waals surface area contributed by atoms with Crippen LogP contribution < -0.4 is 5.32 Å². The van der Waals surface area contributed by atoms with Crippen molar-refractivity contribution in [3.63, 3.8) is 0 Å². The summed E-state index contributed by atoms with van der Waals surface area (Å²) in [5, 5.41) is 2.01. The lowest BCUT2D eigenvalue weighted by Gasteiger charge is -2.44. The molecule has 1 fully saturated rings. The molecule has 2 amide bonds. The summed E-state index contributed by atoms with van der Waals surface area (Å²) in [5.74, 6) is -2.04. The molecular formula is C20H23Cl3N2O8S. The van der Waals surface area contributed by atoms with Gasteiger partial charge < -0.3 is 24.3 Å². The second kappa shape index (κ2) is 12.1. The second-order valence-electron chi connectivity index (χ2n) is 7.07. The Labute approximate surface area is 215 Å². The van der Waals surface area contributed by atoms with Gasteiger partial charge >= 0.3 is 18.2 Å². The molecule has 1 N–H and O–H groups in total. The summed E-state index contributed by atoms with van der Waals surface area (Å²) < 4.78 is 18.1. The molecule has 2 aliphatic rings. The molecule has 2 heterocycles. The molecule has 2 rings (SSSR count). The van der Waals surface area contributed by atoms with Crippen LogP contribution in [0.2, 0.25) is 0 Å². The average Bonchev–Trinajstić information content (AvgIpc) is 3.09. The molecule has 0 spiro atoms. The first-order valence-electron chi connectivity index (χ1n) is 9.87. The van der Waals surface area contributed by atoms with E-state index < -0.39 is 58.0 Å². The molecule has 188 valence electrons. The number of ether oxygens (including phenoxy) is 4. The van der Waals surface area contributed by atoms with E-state index in [-0.39, 0.29) is 18.9 Å². The first-order valence-corrected chi connectivity index (χ1v) is 11.9. The van der Waals surface area contributed by atoms with Crippen molar-refractivity contribution in [2.75, 3.05) is 19.8 Å². The summed E-state index contributed by atoms with van der Waals surface area (Å²) in [4.78, 5) is 51.1. The van der Waals surface area contributed by atoms with Crippen molar-refractivity contribution in [1.82, 2.24) is 10.2 Å². The number of nitrogens with zero attached hydrogens (tertiary/aromatic N) is 1. The molecule has 1 saturated heterocycles. The van der Waals surface area contributed by atoms with Crippen LogP contribution in [0.15, 0.2) is 35.9 Å². The number of hydrogen-bond acceptors (Lipinski definition) is 9. The smallest absolute Gasteiger partial charge is 0.457 e. The highest BCUT2D eigenvalue weighted by Gasteiger charge is 2.59. The fourth-order valence-electron chi connectivity index (χ4n) is 3.11. The Hall–Kier alpha value is -2.08. The van der Waals surface area contributed by atoms with Crippen LogP contribution in [0.1, 0.15) is 13.8 Å². The fourth-order valence-corrected chi connectivity index (χ4v) is 4.89.